The van der Waals surface area contributed by atoms with Crippen molar-refractivity contribution < 1.29 is 31.8 Å². The number of sulfonamides is 1. The van der Waals surface area contributed by atoms with Gasteiger partial charge in [-0.2, -0.15) is 8.78 Å². The predicted molar refractivity (Wildman–Crippen MR) is 58.0 cm³/mol. The lowest BCUT2D eigenvalue weighted by molar-refractivity contribution is -0.259. The summed E-state index contributed by atoms with van der Waals surface area (Å²) in [6.45, 7) is -2.37. The van der Waals surface area contributed by atoms with E-state index in [2.05, 4.69) is 4.74 Å². The summed E-state index contributed by atoms with van der Waals surface area (Å²) in [6.07, 6.45) is -1.95. The first-order chi connectivity index (χ1) is 8.80. The number of ether oxygens (including phenoxy) is 1. The van der Waals surface area contributed by atoms with E-state index in [0.29, 0.717) is 0 Å². The Bertz CT molecular complexity index is 561. The van der Waals surface area contributed by atoms with Crippen LogP contribution in [0.2, 0.25) is 0 Å². The van der Waals surface area contributed by atoms with Crippen molar-refractivity contribution in [3.8, 4) is 5.75 Å². The van der Waals surface area contributed by atoms with E-state index in [1.165, 1.54) is 19.1 Å². The molecule has 106 valence electrons. The van der Waals surface area contributed by atoms with Gasteiger partial charge in [-0.1, -0.05) is 12.1 Å². The highest BCUT2D eigenvalue weighted by Gasteiger charge is 2.27. The first-order valence-electron chi connectivity index (χ1n) is 5.08. The molecule has 9 heteroatoms. The molecule has 0 bridgehead atoms. The quantitative estimate of drug-likeness (QED) is 0.795. The van der Waals surface area contributed by atoms with Crippen LogP contribution >= 0.6 is 0 Å². The summed E-state index contributed by atoms with van der Waals surface area (Å²) in [4.78, 5) is 10.1. The molecule has 19 heavy (non-hydrogen) atoms. The summed E-state index contributed by atoms with van der Waals surface area (Å²) in [7, 11) is -4.51. The Morgan fingerprint density at radius 3 is 2.47 bits per heavy atom. The van der Waals surface area contributed by atoms with Gasteiger partial charge in [0.25, 0.3) is 10.0 Å². The normalized spacial score (nSPS) is 11.4. The maximum absolute atomic E-state index is 12.2. The van der Waals surface area contributed by atoms with E-state index >= 15 is 0 Å². The van der Waals surface area contributed by atoms with Gasteiger partial charge >= 0.3 is 6.61 Å². The average molecular weight is 294 g/mol. The van der Waals surface area contributed by atoms with Crippen LogP contribution in [0.1, 0.15) is 6.92 Å². The second kappa shape index (κ2) is 5.83. The summed E-state index contributed by atoms with van der Waals surface area (Å²) in [6, 6.07) is 4.52. The van der Waals surface area contributed by atoms with E-state index in [1.54, 1.807) is 0 Å². The Morgan fingerprint density at radius 2 is 2.00 bits per heavy atom. The zero-order valence-corrected chi connectivity index (χ0v) is 10.6. The molecular weight excluding hydrogens is 284 g/mol. The highest BCUT2D eigenvalue weighted by Crippen LogP contribution is 2.27. The van der Waals surface area contributed by atoms with Crippen molar-refractivity contribution in [3.63, 3.8) is 0 Å². The molecular formula is C10H10F2NO5S-. The highest BCUT2D eigenvalue weighted by atomic mass is 32.2. The van der Waals surface area contributed by atoms with Gasteiger partial charge in [-0.3, -0.25) is 4.31 Å². The fraction of sp³-hybridized carbons (Fsp3) is 0.300. The lowest BCUT2D eigenvalue weighted by Gasteiger charge is -2.23. The van der Waals surface area contributed by atoms with Gasteiger partial charge in [0.1, 0.15) is 10.6 Å². The van der Waals surface area contributed by atoms with Gasteiger partial charge in [-0.25, -0.2) is 8.42 Å². The summed E-state index contributed by atoms with van der Waals surface area (Å²) < 4.78 is 52.4. The molecule has 0 unspecified atom stereocenters. The average Bonchev–Trinajstić information content (AvgIpc) is 2.28. The molecule has 6 nitrogen and oxygen atoms in total. The number of halogens is 2. The molecule has 0 saturated heterocycles. The molecule has 0 fully saturated rings. The smallest absolute Gasteiger partial charge is 0.387 e. The third-order valence-electron chi connectivity index (χ3n) is 2.12. The number of hydrogen-bond donors (Lipinski definition) is 0. The van der Waals surface area contributed by atoms with Gasteiger partial charge in [0, 0.05) is 6.54 Å². The van der Waals surface area contributed by atoms with E-state index in [1.807, 2.05) is 0 Å². The fourth-order valence-corrected chi connectivity index (χ4v) is 2.77. The molecule has 0 atom stereocenters. The monoisotopic (exact) mass is 294 g/mol. The third kappa shape index (κ3) is 3.31. The van der Waals surface area contributed by atoms with Crippen molar-refractivity contribution in [1.29, 1.82) is 0 Å². The minimum Gasteiger partial charge on any atom is -0.529 e. The third-order valence-corrected chi connectivity index (χ3v) is 4.00. The lowest BCUT2D eigenvalue weighted by Crippen LogP contribution is -2.44. The molecule has 0 aliphatic rings. The van der Waals surface area contributed by atoms with Crippen LogP contribution in [0, 0.1) is 0 Å². The van der Waals surface area contributed by atoms with E-state index in [-0.39, 0.29) is 4.31 Å². The Kier molecular flexibility index (Phi) is 4.65. The van der Waals surface area contributed by atoms with Crippen LogP contribution in [-0.2, 0) is 10.0 Å². The summed E-state index contributed by atoms with van der Waals surface area (Å²) in [5.41, 5.74) is 0. The number of benzene rings is 1. The summed E-state index contributed by atoms with van der Waals surface area (Å²) >= 11 is 0. The zero-order chi connectivity index (χ0) is 14.6. The maximum atomic E-state index is 12.2. The van der Waals surface area contributed by atoms with Crippen molar-refractivity contribution in [2.24, 2.45) is 0 Å². The van der Waals surface area contributed by atoms with E-state index in [9.17, 15) is 27.1 Å². The lowest BCUT2D eigenvalue weighted by atomic mass is 10.3. The van der Waals surface area contributed by atoms with Crippen LogP contribution in [0.3, 0.4) is 0 Å². The Balaban J connectivity index is 3.32. The number of carboxylic acid groups (broad SMARTS) is 1. The number of hydrogen-bond acceptors (Lipinski definition) is 5. The van der Waals surface area contributed by atoms with Crippen molar-refractivity contribution in [2.45, 2.75) is 18.4 Å². The zero-order valence-electron chi connectivity index (χ0n) is 9.75. The first kappa shape index (κ1) is 15.2. The number of nitrogens with zero attached hydrogens (tertiary/aromatic N) is 1. The molecule has 0 heterocycles. The van der Waals surface area contributed by atoms with E-state index in [0.717, 1.165) is 12.1 Å². The van der Waals surface area contributed by atoms with E-state index < -0.39 is 39.9 Å². The van der Waals surface area contributed by atoms with Gasteiger partial charge in [0.2, 0.25) is 0 Å². The second-order valence-corrected chi connectivity index (χ2v) is 5.09. The fourth-order valence-electron chi connectivity index (χ4n) is 1.37. The van der Waals surface area contributed by atoms with Crippen LogP contribution in [0.5, 0.6) is 5.75 Å². The van der Waals surface area contributed by atoms with Gasteiger partial charge in [0.05, 0.1) is 0 Å². The van der Waals surface area contributed by atoms with Crippen LogP contribution in [0.15, 0.2) is 29.2 Å². The molecule has 0 aliphatic carbocycles. The molecule has 0 saturated carbocycles. The van der Waals surface area contributed by atoms with Gasteiger partial charge < -0.3 is 14.6 Å². The number of carbonyl (C=O) groups is 1. The minimum absolute atomic E-state index is 0.0284. The first-order valence-corrected chi connectivity index (χ1v) is 6.52. The van der Waals surface area contributed by atoms with Crippen molar-refractivity contribution in [1.82, 2.24) is 4.31 Å². The number of para-hydroxylation sites is 1. The topological polar surface area (TPSA) is 86.7 Å². The standard InChI is InChI=1S/C10H11F2NO5S/c1-2-13(10(14)15)19(16,17)8-6-4-3-5-7(8)18-9(11)12/h3-6,9H,2H2,1H3,(H,14,15)/p-1. The molecule has 1 rings (SSSR count). The molecule has 0 aromatic heterocycles. The predicted octanol–water partition coefficient (Wildman–Crippen LogP) is 0.642. The number of amides is 1. The largest absolute Gasteiger partial charge is 0.529 e. The Hall–Kier alpha value is -1.90. The molecule has 0 radical (unpaired) electrons. The SMILES string of the molecule is CCN(C(=O)[O-])S(=O)(=O)c1ccccc1OC(F)F. The summed E-state index contributed by atoms with van der Waals surface area (Å²) in [5, 5.41) is 10.7. The molecule has 1 aromatic rings. The van der Waals surface area contributed by atoms with Gasteiger partial charge in [0.15, 0.2) is 6.09 Å². The molecule has 0 spiro atoms. The van der Waals surface area contributed by atoms with E-state index in [4.69, 9.17) is 0 Å². The van der Waals surface area contributed by atoms with Crippen LogP contribution in [0.25, 0.3) is 0 Å². The molecule has 0 N–H and O–H groups in total. The van der Waals surface area contributed by atoms with Crippen LogP contribution < -0.4 is 9.84 Å². The number of rotatable bonds is 5. The van der Waals surface area contributed by atoms with Crippen LogP contribution in [-0.4, -0.2) is 32.0 Å². The second-order valence-electron chi connectivity index (χ2n) is 3.26. The Labute approximate surface area is 108 Å². The minimum atomic E-state index is -4.51. The highest BCUT2D eigenvalue weighted by molar-refractivity contribution is 7.89. The van der Waals surface area contributed by atoms with Crippen molar-refractivity contribution in [2.75, 3.05) is 6.54 Å². The molecule has 1 amide bonds. The van der Waals surface area contributed by atoms with Gasteiger partial charge in [-0.05, 0) is 19.1 Å². The van der Waals surface area contributed by atoms with Crippen molar-refractivity contribution in [3.05, 3.63) is 24.3 Å². The molecule has 1 aromatic carbocycles. The molecule has 0 aliphatic heterocycles. The number of alkyl halides is 2. The van der Waals surface area contributed by atoms with Crippen molar-refractivity contribution >= 4 is 16.1 Å². The van der Waals surface area contributed by atoms with Gasteiger partial charge in [-0.15, -0.1) is 0 Å². The Morgan fingerprint density at radius 1 is 1.42 bits per heavy atom. The maximum Gasteiger partial charge on any atom is 0.387 e. The summed E-state index contributed by atoms with van der Waals surface area (Å²) in [5.74, 6) is -0.628. The van der Waals surface area contributed by atoms with Crippen LogP contribution in [0.4, 0.5) is 13.6 Å². The number of carbonyl (C=O) groups excluding carboxylic acids is 1.